The van der Waals surface area contributed by atoms with E-state index in [9.17, 15) is 19.2 Å². The monoisotopic (exact) mass is 543 g/mol. The number of unbranched alkanes of at least 4 members (excludes halogenated alkanes) is 13. The van der Waals surface area contributed by atoms with Crippen LogP contribution in [0.25, 0.3) is 0 Å². The Kier molecular flexibility index (Phi) is 25.2. The number of ketones is 1. The van der Waals surface area contributed by atoms with Gasteiger partial charge in [0, 0.05) is 32.5 Å². The topological polar surface area (TPSA) is 130 Å². The predicted molar refractivity (Wildman–Crippen MR) is 147 cm³/mol. The highest BCUT2D eigenvalue weighted by Crippen LogP contribution is 2.14. The molecule has 0 bridgehead atoms. The quantitative estimate of drug-likeness (QED) is 0.116. The molecule has 0 saturated heterocycles. The van der Waals surface area contributed by atoms with Gasteiger partial charge >= 0.3 is 11.9 Å². The van der Waals surface area contributed by atoms with Crippen molar-refractivity contribution < 1.29 is 38.9 Å². The second-order valence-electron chi connectivity index (χ2n) is 9.94. The molecule has 0 saturated carbocycles. The van der Waals surface area contributed by atoms with Crippen LogP contribution >= 0.6 is 0 Å². The molecule has 1 amide bonds. The summed E-state index contributed by atoms with van der Waals surface area (Å²) in [7, 11) is 0. The number of Topliss-reactive ketones (excluding diaryl/α,β-unsaturated/α-hetero) is 1. The third-order valence-electron chi connectivity index (χ3n) is 6.40. The largest absolute Gasteiger partial charge is 0.481 e. The number of rotatable bonds is 29. The predicted octanol–water partition coefficient (Wildman–Crippen LogP) is 5.63. The van der Waals surface area contributed by atoms with Crippen LogP contribution < -0.4 is 0 Å². The number of amides is 1. The maximum Gasteiger partial charge on any atom is 0.323 e. The van der Waals surface area contributed by atoms with E-state index in [2.05, 4.69) is 0 Å². The average Bonchev–Trinajstić information content (AvgIpc) is 2.87. The molecule has 0 fully saturated rings. The highest BCUT2D eigenvalue weighted by Gasteiger charge is 2.19. The minimum atomic E-state index is -1.11. The first-order valence-electron chi connectivity index (χ1n) is 14.7. The molecular formula is C29H53NO8. The van der Waals surface area contributed by atoms with E-state index in [4.69, 9.17) is 19.7 Å². The molecule has 9 heteroatoms. The van der Waals surface area contributed by atoms with Crippen LogP contribution in [0.1, 0.15) is 122 Å². The standard InChI is InChI=1S/C29H53NO8/c1-2-37-22-23-38-21-17-18-26(31)24-30(25-29(35)36)27(32)19-15-13-11-9-7-5-3-4-6-8-10-12-14-16-20-28(33)34/h2-25H2,1H3,(H,33,34)(H,35,36). The first-order chi connectivity index (χ1) is 18.4. The molecule has 0 rings (SSSR count). The molecule has 0 aliphatic carbocycles. The lowest BCUT2D eigenvalue weighted by Gasteiger charge is -2.20. The van der Waals surface area contributed by atoms with Crippen molar-refractivity contribution in [1.82, 2.24) is 4.90 Å². The van der Waals surface area contributed by atoms with E-state index >= 15 is 0 Å². The second kappa shape index (κ2) is 26.6. The fourth-order valence-electron chi connectivity index (χ4n) is 4.25. The van der Waals surface area contributed by atoms with Gasteiger partial charge in [0.2, 0.25) is 5.91 Å². The zero-order valence-corrected chi connectivity index (χ0v) is 23.8. The number of carboxylic acid groups (broad SMARTS) is 2. The molecule has 2 N–H and O–H groups in total. The minimum absolute atomic E-state index is 0.149. The molecule has 0 aromatic rings. The molecular weight excluding hydrogens is 490 g/mol. The second-order valence-corrected chi connectivity index (χ2v) is 9.94. The van der Waals surface area contributed by atoms with Gasteiger partial charge in [-0.2, -0.15) is 0 Å². The van der Waals surface area contributed by atoms with Crippen molar-refractivity contribution in [1.29, 1.82) is 0 Å². The van der Waals surface area contributed by atoms with E-state index in [0.717, 1.165) is 43.4 Å². The van der Waals surface area contributed by atoms with Crippen LogP contribution in [0.3, 0.4) is 0 Å². The number of carboxylic acids is 2. The van der Waals surface area contributed by atoms with Gasteiger partial charge in [0.05, 0.1) is 19.8 Å². The summed E-state index contributed by atoms with van der Waals surface area (Å²) < 4.78 is 10.6. The first-order valence-corrected chi connectivity index (χ1v) is 14.7. The molecule has 222 valence electrons. The number of aliphatic carboxylic acids is 2. The lowest BCUT2D eigenvalue weighted by molar-refractivity contribution is -0.145. The maximum atomic E-state index is 12.5. The Morgan fingerprint density at radius 2 is 1.00 bits per heavy atom. The van der Waals surface area contributed by atoms with Crippen molar-refractivity contribution in [3.8, 4) is 0 Å². The Morgan fingerprint density at radius 1 is 0.526 bits per heavy atom. The SMILES string of the molecule is CCOCCOCCCC(=O)CN(CC(=O)O)C(=O)CCCCCCCCCCCCCCCCC(=O)O. The van der Waals surface area contributed by atoms with E-state index < -0.39 is 18.5 Å². The number of carbonyl (C=O) groups excluding carboxylic acids is 2. The molecule has 0 spiro atoms. The summed E-state index contributed by atoms with van der Waals surface area (Å²) >= 11 is 0. The molecule has 0 heterocycles. The van der Waals surface area contributed by atoms with Crippen molar-refractivity contribution in [2.45, 2.75) is 122 Å². The van der Waals surface area contributed by atoms with Crippen LogP contribution in [0, 0.1) is 0 Å². The molecule has 0 radical (unpaired) electrons. The van der Waals surface area contributed by atoms with Gasteiger partial charge in [-0.05, 0) is 26.2 Å². The van der Waals surface area contributed by atoms with Gasteiger partial charge in [-0.15, -0.1) is 0 Å². The zero-order valence-electron chi connectivity index (χ0n) is 23.8. The number of hydrogen-bond donors (Lipinski definition) is 2. The summed E-state index contributed by atoms with van der Waals surface area (Å²) in [6, 6.07) is 0. The van der Waals surface area contributed by atoms with Crippen LogP contribution in [0.15, 0.2) is 0 Å². The normalized spacial score (nSPS) is 11.0. The lowest BCUT2D eigenvalue weighted by atomic mass is 10.0. The Labute approximate surface area is 229 Å². The van der Waals surface area contributed by atoms with Gasteiger partial charge in [0.1, 0.15) is 6.54 Å². The molecule has 0 unspecified atom stereocenters. The smallest absolute Gasteiger partial charge is 0.323 e. The van der Waals surface area contributed by atoms with Crippen LogP contribution in [0.5, 0.6) is 0 Å². The van der Waals surface area contributed by atoms with Gasteiger partial charge in [-0.25, -0.2) is 0 Å². The van der Waals surface area contributed by atoms with E-state index in [1.54, 1.807) is 0 Å². The van der Waals surface area contributed by atoms with Crippen LogP contribution in [-0.2, 0) is 28.7 Å². The summed E-state index contributed by atoms with van der Waals surface area (Å²) in [5, 5.41) is 17.7. The molecule has 0 aliphatic heterocycles. The first kappa shape index (κ1) is 36.0. The van der Waals surface area contributed by atoms with Crippen molar-refractivity contribution in [3.63, 3.8) is 0 Å². The van der Waals surface area contributed by atoms with Crippen LogP contribution in [0.4, 0.5) is 0 Å². The Morgan fingerprint density at radius 3 is 1.47 bits per heavy atom. The van der Waals surface area contributed by atoms with Crippen LogP contribution in [0.2, 0.25) is 0 Å². The van der Waals surface area contributed by atoms with Crippen molar-refractivity contribution in [2.24, 2.45) is 0 Å². The fourth-order valence-corrected chi connectivity index (χ4v) is 4.25. The maximum absolute atomic E-state index is 12.5. The summed E-state index contributed by atoms with van der Waals surface area (Å²) in [5.74, 6) is -2.23. The fraction of sp³-hybridized carbons (Fsp3) is 0.862. The number of ether oxygens (including phenoxy) is 2. The Balaban J connectivity index is 3.75. The zero-order chi connectivity index (χ0) is 28.3. The number of nitrogens with zero attached hydrogens (tertiary/aromatic N) is 1. The van der Waals surface area contributed by atoms with Gasteiger partial charge in [-0.1, -0.05) is 77.0 Å². The Hall–Kier alpha value is -2.00. The summed E-state index contributed by atoms with van der Waals surface area (Å²) in [4.78, 5) is 47.5. The molecule has 0 aromatic carbocycles. The van der Waals surface area contributed by atoms with E-state index in [0.29, 0.717) is 39.3 Å². The summed E-state index contributed by atoms with van der Waals surface area (Å²) in [5.41, 5.74) is 0. The van der Waals surface area contributed by atoms with Crippen molar-refractivity contribution in [3.05, 3.63) is 0 Å². The molecule has 9 nitrogen and oxygen atoms in total. The van der Waals surface area contributed by atoms with Crippen LogP contribution in [-0.4, -0.2) is 78.3 Å². The molecule has 38 heavy (non-hydrogen) atoms. The van der Waals surface area contributed by atoms with Gasteiger partial charge in [0.25, 0.3) is 0 Å². The highest BCUT2D eigenvalue weighted by molar-refractivity contribution is 5.88. The number of hydrogen-bond acceptors (Lipinski definition) is 6. The minimum Gasteiger partial charge on any atom is -0.481 e. The van der Waals surface area contributed by atoms with E-state index in [1.165, 1.54) is 44.9 Å². The molecule has 0 aliphatic rings. The third-order valence-corrected chi connectivity index (χ3v) is 6.40. The third kappa shape index (κ3) is 25.6. The van der Waals surface area contributed by atoms with Crippen molar-refractivity contribution in [2.75, 3.05) is 39.5 Å². The van der Waals surface area contributed by atoms with Gasteiger partial charge < -0.3 is 24.6 Å². The van der Waals surface area contributed by atoms with Crippen molar-refractivity contribution >= 4 is 23.6 Å². The Bertz CT molecular complexity index is 626. The summed E-state index contributed by atoms with van der Waals surface area (Å²) in [6.45, 7) is 3.38. The lowest BCUT2D eigenvalue weighted by Crippen LogP contribution is -2.39. The molecule has 0 aromatic heterocycles. The van der Waals surface area contributed by atoms with Gasteiger partial charge in [0.15, 0.2) is 5.78 Å². The average molecular weight is 544 g/mol. The van der Waals surface area contributed by atoms with E-state index in [-0.39, 0.29) is 37.5 Å². The summed E-state index contributed by atoms with van der Waals surface area (Å²) in [6.07, 6.45) is 16.7. The molecule has 0 atom stereocenters. The highest BCUT2D eigenvalue weighted by atomic mass is 16.5. The van der Waals surface area contributed by atoms with Gasteiger partial charge in [-0.3, -0.25) is 19.2 Å². The van der Waals surface area contributed by atoms with E-state index in [1.807, 2.05) is 6.92 Å². The number of carbonyl (C=O) groups is 4.